The summed E-state index contributed by atoms with van der Waals surface area (Å²) in [5.41, 5.74) is 4.14. The normalized spacial score (nSPS) is 12.2. The standard InChI is InChI=1S/C12H15N3S2/c1-12(2,3)10-8-17-11(14-10)15-13-7-9-5-4-6-16-9/h4-8H,1-3H3,(H,14,15)/b13-7+. The average Bonchev–Trinajstić information content (AvgIpc) is 2.86. The maximum Gasteiger partial charge on any atom is 0.203 e. The van der Waals surface area contributed by atoms with Crippen LogP contribution in [0.25, 0.3) is 0 Å². The Morgan fingerprint density at radius 2 is 2.18 bits per heavy atom. The Hall–Kier alpha value is -1.20. The molecular formula is C12H15N3S2. The van der Waals surface area contributed by atoms with Gasteiger partial charge in [-0.1, -0.05) is 26.8 Å². The summed E-state index contributed by atoms with van der Waals surface area (Å²) >= 11 is 3.24. The van der Waals surface area contributed by atoms with Crippen molar-refractivity contribution in [3.8, 4) is 0 Å². The maximum atomic E-state index is 4.50. The number of hydrogen-bond donors (Lipinski definition) is 1. The van der Waals surface area contributed by atoms with Crippen LogP contribution in [-0.2, 0) is 5.41 Å². The first-order valence-electron chi connectivity index (χ1n) is 5.34. The quantitative estimate of drug-likeness (QED) is 0.674. The monoisotopic (exact) mass is 265 g/mol. The fourth-order valence-corrected chi connectivity index (χ4v) is 2.66. The average molecular weight is 265 g/mol. The summed E-state index contributed by atoms with van der Waals surface area (Å²) in [6.45, 7) is 6.46. The highest BCUT2D eigenvalue weighted by atomic mass is 32.1. The lowest BCUT2D eigenvalue weighted by Gasteiger charge is -2.13. The van der Waals surface area contributed by atoms with Crippen molar-refractivity contribution in [2.75, 3.05) is 5.43 Å². The van der Waals surface area contributed by atoms with E-state index in [-0.39, 0.29) is 5.41 Å². The number of nitrogens with zero attached hydrogens (tertiary/aromatic N) is 2. The fraction of sp³-hybridized carbons (Fsp3) is 0.333. The number of aromatic nitrogens is 1. The van der Waals surface area contributed by atoms with Gasteiger partial charge in [0.1, 0.15) is 0 Å². The number of anilines is 1. The summed E-state index contributed by atoms with van der Waals surface area (Å²) in [5, 5.41) is 9.10. The highest BCUT2D eigenvalue weighted by Gasteiger charge is 2.17. The van der Waals surface area contributed by atoms with Crippen LogP contribution in [0.15, 0.2) is 28.0 Å². The molecule has 0 spiro atoms. The van der Waals surface area contributed by atoms with Crippen molar-refractivity contribution in [2.45, 2.75) is 26.2 Å². The minimum absolute atomic E-state index is 0.0912. The Morgan fingerprint density at radius 1 is 1.35 bits per heavy atom. The molecule has 0 atom stereocenters. The second-order valence-electron chi connectivity index (χ2n) is 4.67. The van der Waals surface area contributed by atoms with Crippen LogP contribution >= 0.6 is 22.7 Å². The molecule has 17 heavy (non-hydrogen) atoms. The smallest absolute Gasteiger partial charge is 0.203 e. The Labute approximate surface area is 109 Å². The third-order valence-electron chi connectivity index (χ3n) is 2.17. The molecule has 2 aromatic rings. The minimum atomic E-state index is 0.0912. The lowest BCUT2D eigenvalue weighted by Crippen LogP contribution is -2.11. The topological polar surface area (TPSA) is 37.3 Å². The lowest BCUT2D eigenvalue weighted by molar-refractivity contribution is 0.573. The van der Waals surface area contributed by atoms with E-state index >= 15 is 0 Å². The van der Waals surface area contributed by atoms with Crippen LogP contribution in [0.5, 0.6) is 0 Å². The van der Waals surface area contributed by atoms with Crippen molar-refractivity contribution in [3.05, 3.63) is 33.5 Å². The van der Waals surface area contributed by atoms with Crippen molar-refractivity contribution < 1.29 is 0 Å². The SMILES string of the molecule is CC(C)(C)c1csc(N/N=C/c2cccs2)n1. The first-order chi connectivity index (χ1) is 8.05. The highest BCUT2D eigenvalue weighted by Crippen LogP contribution is 2.26. The molecule has 0 radical (unpaired) electrons. The minimum Gasteiger partial charge on any atom is -0.253 e. The predicted molar refractivity (Wildman–Crippen MR) is 76.3 cm³/mol. The molecule has 90 valence electrons. The molecule has 0 aromatic carbocycles. The molecule has 0 bridgehead atoms. The van der Waals surface area contributed by atoms with E-state index in [2.05, 4.69) is 41.7 Å². The molecule has 3 nitrogen and oxygen atoms in total. The third kappa shape index (κ3) is 3.38. The number of thiophene rings is 1. The van der Waals surface area contributed by atoms with Gasteiger partial charge in [0.15, 0.2) is 0 Å². The molecule has 0 aliphatic heterocycles. The van der Waals surface area contributed by atoms with E-state index in [1.807, 2.05) is 23.7 Å². The summed E-state index contributed by atoms with van der Waals surface area (Å²) in [7, 11) is 0. The molecule has 0 aliphatic carbocycles. The molecule has 5 heteroatoms. The number of nitrogens with one attached hydrogen (secondary N) is 1. The number of hydrazone groups is 1. The van der Waals surface area contributed by atoms with E-state index in [0.717, 1.165) is 15.7 Å². The molecule has 1 N–H and O–H groups in total. The van der Waals surface area contributed by atoms with Gasteiger partial charge in [0, 0.05) is 15.7 Å². The molecule has 2 rings (SSSR count). The van der Waals surface area contributed by atoms with Crippen LogP contribution in [0.1, 0.15) is 31.3 Å². The molecular weight excluding hydrogens is 250 g/mol. The summed E-state index contributed by atoms with van der Waals surface area (Å²) in [5.74, 6) is 0. The van der Waals surface area contributed by atoms with E-state index in [1.165, 1.54) is 0 Å². The van der Waals surface area contributed by atoms with E-state index in [4.69, 9.17) is 0 Å². The summed E-state index contributed by atoms with van der Waals surface area (Å²) in [6, 6.07) is 4.03. The van der Waals surface area contributed by atoms with E-state index < -0.39 is 0 Å². The zero-order chi connectivity index (χ0) is 12.3. The van der Waals surface area contributed by atoms with Gasteiger partial charge in [0.2, 0.25) is 5.13 Å². The van der Waals surface area contributed by atoms with Gasteiger partial charge < -0.3 is 0 Å². The zero-order valence-corrected chi connectivity index (χ0v) is 11.7. The number of hydrogen-bond acceptors (Lipinski definition) is 5. The van der Waals surface area contributed by atoms with Gasteiger partial charge in [-0.2, -0.15) is 5.10 Å². The Morgan fingerprint density at radius 3 is 2.76 bits per heavy atom. The van der Waals surface area contributed by atoms with Crippen LogP contribution in [0.4, 0.5) is 5.13 Å². The van der Waals surface area contributed by atoms with Gasteiger partial charge in [0.05, 0.1) is 11.9 Å². The fourth-order valence-electron chi connectivity index (χ4n) is 1.19. The molecule has 0 saturated carbocycles. The first-order valence-corrected chi connectivity index (χ1v) is 7.10. The van der Waals surface area contributed by atoms with E-state index in [1.54, 1.807) is 22.7 Å². The van der Waals surface area contributed by atoms with Gasteiger partial charge >= 0.3 is 0 Å². The zero-order valence-electron chi connectivity index (χ0n) is 10.1. The Kier molecular flexibility index (Phi) is 3.59. The van der Waals surface area contributed by atoms with Crippen LogP contribution < -0.4 is 5.43 Å². The predicted octanol–water partition coefficient (Wildman–Crippen LogP) is 3.95. The molecule has 0 fully saturated rings. The Balaban J connectivity index is 1.98. The molecule has 0 amide bonds. The highest BCUT2D eigenvalue weighted by molar-refractivity contribution is 7.13. The molecule has 0 unspecified atom stereocenters. The van der Waals surface area contributed by atoms with Crippen molar-refractivity contribution in [1.82, 2.24) is 4.98 Å². The molecule has 0 aliphatic rings. The van der Waals surface area contributed by atoms with Crippen LogP contribution in [0, 0.1) is 0 Å². The van der Waals surface area contributed by atoms with Crippen LogP contribution in [-0.4, -0.2) is 11.2 Å². The van der Waals surface area contributed by atoms with Gasteiger partial charge in [0.25, 0.3) is 0 Å². The maximum absolute atomic E-state index is 4.50. The van der Waals surface area contributed by atoms with Gasteiger partial charge in [-0.25, -0.2) is 4.98 Å². The van der Waals surface area contributed by atoms with Gasteiger partial charge in [-0.05, 0) is 11.4 Å². The second kappa shape index (κ2) is 4.98. The third-order valence-corrected chi connectivity index (χ3v) is 3.72. The lowest BCUT2D eigenvalue weighted by atomic mass is 9.93. The van der Waals surface area contributed by atoms with Crippen molar-refractivity contribution in [2.24, 2.45) is 5.10 Å². The van der Waals surface area contributed by atoms with Crippen molar-refractivity contribution >= 4 is 34.0 Å². The van der Waals surface area contributed by atoms with Crippen LogP contribution in [0.2, 0.25) is 0 Å². The number of thiazole rings is 1. The van der Waals surface area contributed by atoms with Crippen molar-refractivity contribution in [1.29, 1.82) is 0 Å². The summed E-state index contributed by atoms with van der Waals surface area (Å²) in [6.07, 6.45) is 1.81. The van der Waals surface area contributed by atoms with E-state index in [9.17, 15) is 0 Å². The summed E-state index contributed by atoms with van der Waals surface area (Å²) in [4.78, 5) is 5.63. The molecule has 0 saturated heterocycles. The van der Waals surface area contributed by atoms with Gasteiger partial charge in [-0.15, -0.1) is 22.7 Å². The first kappa shape index (κ1) is 12.3. The number of rotatable bonds is 3. The van der Waals surface area contributed by atoms with E-state index in [0.29, 0.717) is 0 Å². The van der Waals surface area contributed by atoms with Gasteiger partial charge in [-0.3, -0.25) is 5.43 Å². The van der Waals surface area contributed by atoms with Crippen molar-refractivity contribution in [3.63, 3.8) is 0 Å². The largest absolute Gasteiger partial charge is 0.253 e. The summed E-state index contributed by atoms with van der Waals surface area (Å²) < 4.78 is 0. The molecule has 2 heterocycles. The second-order valence-corrected chi connectivity index (χ2v) is 6.51. The molecule has 2 aromatic heterocycles. The van der Waals surface area contributed by atoms with Crippen LogP contribution in [0.3, 0.4) is 0 Å². The Bertz CT molecular complexity index is 492.